The number of methoxy groups -OCH3 is 1. The van der Waals surface area contributed by atoms with Crippen molar-refractivity contribution in [3.05, 3.63) is 36.4 Å². The summed E-state index contributed by atoms with van der Waals surface area (Å²) >= 11 is 0. The average Bonchev–Trinajstić information content (AvgIpc) is 2.92. The third-order valence-corrected chi connectivity index (χ3v) is 4.06. The van der Waals surface area contributed by atoms with Gasteiger partial charge in [-0.3, -0.25) is 0 Å². The van der Waals surface area contributed by atoms with E-state index in [0.29, 0.717) is 0 Å². The zero-order valence-electron chi connectivity index (χ0n) is 15.4. The van der Waals surface area contributed by atoms with Crippen LogP contribution in [-0.4, -0.2) is 12.1 Å². The molecule has 23 heavy (non-hydrogen) atoms. The maximum Gasteiger partial charge on any atom is 0.198 e. The molecule has 0 spiro atoms. The minimum atomic E-state index is 0.106. The van der Waals surface area contributed by atoms with Crippen LogP contribution < -0.4 is 4.74 Å². The summed E-state index contributed by atoms with van der Waals surface area (Å²) in [6.07, 6.45) is 2.87. The molecule has 1 atom stereocenters. The molecule has 0 bridgehead atoms. The Kier molecular flexibility index (Phi) is 4.88. The van der Waals surface area contributed by atoms with Gasteiger partial charge in [-0.05, 0) is 41.5 Å². The van der Waals surface area contributed by atoms with Gasteiger partial charge in [0.05, 0.1) is 13.3 Å². The van der Waals surface area contributed by atoms with Gasteiger partial charge in [-0.1, -0.05) is 41.5 Å². The van der Waals surface area contributed by atoms with Crippen LogP contribution in [0.4, 0.5) is 0 Å². The lowest BCUT2D eigenvalue weighted by molar-refractivity contribution is 0.200. The van der Waals surface area contributed by atoms with E-state index in [2.05, 4.69) is 46.5 Å². The van der Waals surface area contributed by atoms with Gasteiger partial charge in [0.25, 0.3) is 0 Å². The fourth-order valence-electron chi connectivity index (χ4n) is 2.71. The van der Waals surface area contributed by atoms with Crippen LogP contribution in [0.2, 0.25) is 0 Å². The number of benzene rings is 1. The first-order valence-electron chi connectivity index (χ1n) is 8.20. The molecule has 1 unspecified atom stereocenters. The van der Waals surface area contributed by atoms with Gasteiger partial charge >= 0.3 is 0 Å². The smallest absolute Gasteiger partial charge is 0.198 e. The van der Waals surface area contributed by atoms with Gasteiger partial charge in [0, 0.05) is 11.5 Å². The molecule has 0 radical (unpaired) electrons. The molecular formula is C20H29NO2. The second kappa shape index (κ2) is 6.38. The third kappa shape index (κ3) is 4.60. The Balaban J connectivity index is 2.30. The molecule has 1 heterocycles. The minimum Gasteiger partial charge on any atom is -0.497 e. The number of ether oxygens (including phenoxy) is 1. The fourth-order valence-corrected chi connectivity index (χ4v) is 2.71. The molecule has 0 amide bonds. The summed E-state index contributed by atoms with van der Waals surface area (Å²) in [5.41, 5.74) is 1.36. The van der Waals surface area contributed by atoms with E-state index in [9.17, 15) is 0 Å². The summed E-state index contributed by atoms with van der Waals surface area (Å²) in [7, 11) is 1.67. The Morgan fingerprint density at radius 2 is 1.65 bits per heavy atom. The van der Waals surface area contributed by atoms with Gasteiger partial charge in [-0.2, -0.15) is 0 Å². The van der Waals surface area contributed by atoms with E-state index in [4.69, 9.17) is 9.15 Å². The van der Waals surface area contributed by atoms with Crippen molar-refractivity contribution in [1.29, 1.82) is 0 Å². The van der Waals surface area contributed by atoms with Crippen LogP contribution >= 0.6 is 0 Å². The molecule has 2 rings (SSSR count). The molecule has 0 aliphatic rings. The monoisotopic (exact) mass is 315 g/mol. The molecule has 0 aliphatic heterocycles. The van der Waals surface area contributed by atoms with Crippen molar-refractivity contribution in [2.75, 3.05) is 7.11 Å². The highest BCUT2D eigenvalue weighted by Gasteiger charge is 2.33. The largest absolute Gasteiger partial charge is 0.497 e. The first kappa shape index (κ1) is 17.6. The van der Waals surface area contributed by atoms with Gasteiger partial charge in [0.2, 0.25) is 0 Å². The number of aromatic nitrogens is 1. The lowest BCUT2D eigenvalue weighted by atomic mass is 9.72. The number of rotatable bonds is 4. The van der Waals surface area contributed by atoms with Crippen LogP contribution in [0.5, 0.6) is 5.75 Å². The molecule has 0 fully saturated rings. The zero-order valence-corrected chi connectivity index (χ0v) is 15.4. The minimum absolute atomic E-state index is 0.106. The predicted octanol–water partition coefficient (Wildman–Crippen LogP) is 5.92. The summed E-state index contributed by atoms with van der Waals surface area (Å²) in [5.74, 6) is 2.77. The van der Waals surface area contributed by atoms with Crippen molar-refractivity contribution in [3.63, 3.8) is 0 Å². The van der Waals surface area contributed by atoms with Crippen molar-refractivity contribution in [1.82, 2.24) is 4.98 Å². The highest BCUT2D eigenvalue weighted by atomic mass is 16.5. The quantitative estimate of drug-likeness (QED) is 0.703. The maximum absolute atomic E-state index is 6.13. The van der Waals surface area contributed by atoms with Gasteiger partial charge in [0.15, 0.2) is 11.7 Å². The summed E-state index contributed by atoms with van der Waals surface area (Å²) in [4.78, 5) is 4.59. The Morgan fingerprint density at radius 1 is 1.04 bits per heavy atom. The maximum atomic E-state index is 6.13. The lowest BCUT2D eigenvalue weighted by Gasteiger charge is -2.33. The number of hydrogen-bond donors (Lipinski definition) is 0. The van der Waals surface area contributed by atoms with Crippen molar-refractivity contribution < 1.29 is 9.15 Å². The molecule has 1 aromatic carbocycles. The molecule has 3 nitrogen and oxygen atoms in total. The summed E-state index contributed by atoms with van der Waals surface area (Å²) in [5, 5.41) is 0. The standard InChI is InChI=1S/C20H29NO2/c1-19(2,3)12-16(20(4,5)6)18-21-13-17(23-18)14-8-10-15(22-7)11-9-14/h8-11,13,16H,12H2,1-7H3. The van der Waals surface area contributed by atoms with E-state index in [1.165, 1.54) is 0 Å². The van der Waals surface area contributed by atoms with Gasteiger partial charge < -0.3 is 9.15 Å². The van der Waals surface area contributed by atoms with Gasteiger partial charge in [-0.15, -0.1) is 0 Å². The van der Waals surface area contributed by atoms with E-state index in [0.717, 1.165) is 29.4 Å². The highest BCUT2D eigenvalue weighted by Crippen LogP contribution is 2.43. The Bertz CT molecular complexity index is 627. The van der Waals surface area contributed by atoms with E-state index in [-0.39, 0.29) is 16.7 Å². The molecule has 0 N–H and O–H groups in total. The number of hydrogen-bond acceptors (Lipinski definition) is 3. The molecule has 0 saturated carbocycles. The SMILES string of the molecule is COc1ccc(-c2cnc(C(CC(C)(C)C)C(C)(C)C)o2)cc1. The van der Waals surface area contributed by atoms with E-state index in [1.54, 1.807) is 7.11 Å². The normalized spacial score (nSPS) is 13.9. The summed E-state index contributed by atoms with van der Waals surface area (Å²) in [6.45, 7) is 13.5. The van der Waals surface area contributed by atoms with E-state index < -0.39 is 0 Å². The van der Waals surface area contributed by atoms with Crippen molar-refractivity contribution in [2.24, 2.45) is 10.8 Å². The van der Waals surface area contributed by atoms with Crippen LogP contribution in [0.3, 0.4) is 0 Å². The molecule has 126 valence electrons. The Labute approximate surface area is 140 Å². The Morgan fingerprint density at radius 3 is 2.13 bits per heavy atom. The van der Waals surface area contributed by atoms with Gasteiger partial charge in [-0.25, -0.2) is 4.98 Å². The second-order valence-electron chi connectivity index (χ2n) is 8.47. The predicted molar refractivity (Wildman–Crippen MR) is 94.8 cm³/mol. The molecule has 0 saturated heterocycles. The first-order valence-corrected chi connectivity index (χ1v) is 8.20. The zero-order chi connectivity index (χ0) is 17.3. The fraction of sp³-hybridized carbons (Fsp3) is 0.550. The summed E-state index contributed by atoms with van der Waals surface area (Å²) in [6, 6.07) is 7.87. The van der Waals surface area contributed by atoms with Crippen LogP contribution in [0.25, 0.3) is 11.3 Å². The molecular weight excluding hydrogens is 286 g/mol. The second-order valence-corrected chi connectivity index (χ2v) is 8.47. The topological polar surface area (TPSA) is 35.3 Å². The third-order valence-electron chi connectivity index (χ3n) is 4.06. The first-order chi connectivity index (χ1) is 10.6. The van der Waals surface area contributed by atoms with Crippen LogP contribution in [0, 0.1) is 10.8 Å². The Hall–Kier alpha value is -1.77. The summed E-state index contributed by atoms with van der Waals surface area (Å²) < 4.78 is 11.3. The average molecular weight is 315 g/mol. The highest BCUT2D eigenvalue weighted by molar-refractivity contribution is 5.57. The van der Waals surface area contributed by atoms with E-state index in [1.807, 2.05) is 30.5 Å². The van der Waals surface area contributed by atoms with Crippen molar-refractivity contribution in [3.8, 4) is 17.1 Å². The molecule has 2 aromatic rings. The number of oxazole rings is 1. The molecule has 0 aliphatic carbocycles. The van der Waals surface area contributed by atoms with Crippen LogP contribution in [-0.2, 0) is 0 Å². The number of nitrogens with zero attached hydrogens (tertiary/aromatic N) is 1. The molecule has 3 heteroatoms. The van der Waals surface area contributed by atoms with E-state index >= 15 is 0 Å². The van der Waals surface area contributed by atoms with Crippen molar-refractivity contribution in [2.45, 2.75) is 53.9 Å². The lowest BCUT2D eigenvalue weighted by Crippen LogP contribution is -2.24. The van der Waals surface area contributed by atoms with Crippen LogP contribution in [0.1, 0.15) is 59.8 Å². The molecule has 1 aromatic heterocycles. The van der Waals surface area contributed by atoms with Gasteiger partial charge in [0.1, 0.15) is 5.75 Å². The van der Waals surface area contributed by atoms with Crippen LogP contribution in [0.15, 0.2) is 34.9 Å². The van der Waals surface area contributed by atoms with Crippen molar-refractivity contribution >= 4 is 0 Å².